The van der Waals surface area contributed by atoms with Crippen LogP contribution >= 0.6 is 12.2 Å². The van der Waals surface area contributed by atoms with Crippen LogP contribution in [0.1, 0.15) is 5.56 Å². The van der Waals surface area contributed by atoms with Crippen molar-refractivity contribution in [1.82, 2.24) is 19.8 Å². The zero-order chi connectivity index (χ0) is 24.0. The van der Waals surface area contributed by atoms with Gasteiger partial charge in [-0.25, -0.2) is 23.1 Å². The van der Waals surface area contributed by atoms with Crippen LogP contribution < -0.4 is 14.8 Å². The van der Waals surface area contributed by atoms with Crippen molar-refractivity contribution in [2.45, 2.75) is 11.4 Å². The molecule has 2 N–H and O–H groups in total. The summed E-state index contributed by atoms with van der Waals surface area (Å²) in [6.07, 6.45) is 2.94. The van der Waals surface area contributed by atoms with Crippen molar-refractivity contribution in [3.63, 3.8) is 0 Å². The molecule has 0 radical (unpaired) electrons. The van der Waals surface area contributed by atoms with E-state index in [0.717, 1.165) is 44.2 Å². The van der Waals surface area contributed by atoms with E-state index >= 15 is 0 Å². The first-order valence-electron chi connectivity index (χ1n) is 10.7. The van der Waals surface area contributed by atoms with Crippen molar-refractivity contribution in [2.75, 3.05) is 43.3 Å². The first-order valence-corrected chi connectivity index (χ1v) is 12.6. The van der Waals surface area contributed by atoms with Gasteiger partial charge in [0.25, 0.3) is 10.0 Å². The smallest absolute Gasteiger partial charge is 0.264 e. The van der Waals surface area contributed by atoms with E-state index in [1.807, 2.05) is 12.1 Å². The summed E-state index contributed by atoms with van der Waals surface area (Å²) in [5.41, 5.74) is 1.94. The fourth-order valence-electron chi connectivity index (χ4n) is 3.59. The van der Waals surface area contributed by atoms with E-state index in [4.69, 9.17) is 17.0 Å². The van der Waals surface area contributed by atoms with Crippen LogP contribution in [0.25, 0.3) is 0 Å². The van der Waals surface area contributed by atoms with Gasteiger partial charge >= 0.3 is 0 Å². The molecule has 3 aromatic rings. The van der Waals surface area contributed by atoms with E-state index in [1.54, 1.807) is 25.3 Å². The Bertz CT molecular complexity index is 1210. The molecule has 1 fully saturated rings. The van der Waals surface area contributed by atoms with Gasteiger partial charge in [0, 0.05) is 50.8 Å². The summed E-state index contributed by atoms with van der Waals surface area (Å²) in [6.45, 7) is 4.27. The lowest BCUT2D eigenvalue weighted by Crippen LogP contribution is -2.49. The molecule has 0 aliphatic carbocycles. The number of methoxy groups -OCH3 is 1. The molecule has 1 aromatic heterocycles. The number of benzene rings is 2. The first-order chi connectivity index (χ1) is 16.4. The third-order valence-corrected chi connectivity index (χ3v) is 7.11. The molecule has 9 nitrogen and oxygen atoms in total. The van der Waals surface area contributed by atoms with Gasteiger partial charge in [0.1, 0.15) is 5.75 Å². The Morgan fingerprint density at radius 1 is 1.03 bits per heavy atom. The third-order valence-electron chi connectivity index (χ3n) is 5.41. The molecular weight excluding hydrogens is 472 g/mol. The summed E-state index contributed by atoms with van der Waals surface area (Å²) in [4.78, 5) is 12.4. The van der Waals surface area contributed by atoms with Crippen LogP contribution in [0.15, 0.2) is 71.9 Å². The second-order valence-corrected chi connectivity index (χ2v) is 9.82. The highest BCUT2D eigenvalue weighted by Gasteiger charge is 2.20. The highest BCUT2D eigenvalue weighted by atomic mass is 32.2. The molecule has 1 saturated heterocycles. The van der Waals surface area contributed by atoms with Gasteiger partial charge in [-0.15, -0.1) is 0 Å². The Labute approximate surface area is 204 Å². The topological polar surface area (TPSA) is 99.7 Å². The molecule has 2 aromatic carbocycles. The maximum absolute atomic E-state index is 12.5. The summed E-state index contributed by atoms with van der Waals surface area (Å²) < 4.78 is 32.7. The average molecular weight is 499 g/mol. The lowest BCUT2D eigenvalue weighted by molar-refractivity contribution is 0.177. The van der Waals surface area contributed by atoms with Gasteiger partial charge in [-0.05, 0) is 60.2 Å². The predicted molar refractivity (Wildman–Crippen MR) is 135 cm³/mol. The Morgan fingerprint density at radius 2 is 1.74 bits per heavy atom. The van der Waals surface area contributed by atoms with Crippen molar-refractivity contribution >= 4 is 39.0 Å². The molecule has 4 rings (SSSR count). The van der Waals surface area contributed by atoms with Crippen molar-refractivity contribution < 1.29 is 13.2 Å². The molecule has 0 bridgehead atoms. The Morgan fingerprint density at radius 3 is 2.41 bits per heavy atom. The van der Waals surface area contributed by atoms with Crippen LogP contribution in [-0.2, 0) is 16.6 Å². The molecule has 0 spiro atoms. The number of piperazine rings is 1. The number of hydrogen-bond acceptors (Lipinski definition) is 7. The van der Waals surface area contributed by atoms with Gasteiger partial charge in [-0.1, -0.05) is 12.1 Å². The second kappa shape index (κ2) is 10.8. The van der Waals surface area contributed by atoms with Gasteiger partial charge < -0.3 is 15.0 Å². The van der Waals surface area contributed by atoms with Gasteiger partial charge in [0.2, 0.25) is 5.95 Å². The Kier molecular flexibility index (Phi) is 7.56. The Balaban J connectivity index is 1.28. The van der Waals surface area contributed by atoms with Gasteiger partial charge in [0.15, 0.2) is 5.11 Å². The predicted octanol–water partition coefficient (Wildman–Crippen LogP) is 2.80. The van der Waals surface area contributed by atoms with Crippen LogP contribution in [0.2, 0.25) is 0 Å². The van der Waals surface area contributed by atoms with Crippen LogP contribution in [0, 0.1) is 0 Å². The van der Waals surface area contributed by atoms with Crippen LogP contribution in [0.5, 0.6) is 5.75 Å². The largest absolute Gasteiger partial charge is 0.497 e. The molecule has 0 saturated carbocycles. The van der Waals surface area contributed by atoms with E-state index < -0.39 is 10.0 Å². The highest BCUT2D eigenvalue weighted by molar-refractivity contribution is 7.92. The SMILES string of the molecule is COc1cccc(CN2CCN(C(=S)Nc3ccc(S(=O)(=O)Nc4ncccn4)cc3)CC2)c1. The molecule has 0 atom stereocenters. The summed E-state index contributed by atoms with van der Waals surface area (Å²) >= 11 is 5.58. The molecule has 1 aliphatic rings. The number of rotatable bonds is 7. The molecule has 2 heterocycles. The van der Waals surface area contributed by atoms with E-state index in [9.17, 15) is 8.42 Å². The molecular formula is C23H26N6O3S2. The van der Waals surface area contributed by atoms with Crippen molar-refractivity contribution in [3.05, 3.63) is 72.6 Å². The normalized spacial score (nSPS) is 14.4. The Hall–Kier alpha value is -3.28. The average Bonchev–Trinajstić information content (AvgIpc) is 2.85. The zero-order valence-corrected chi connectivity index (χ0v) is 20.3. The van der Waals surface area contributed by atoms with E-state index in [-0.39, 0.29) is 10.8 Å². The molecule has 11 heteroatoms. The minimum atomic E-state index is -3.77. The lowest BCUT2D eigenvalue weighted by atomic mass is 10.2. The molecule has 0 unspecified atom stereocenters. The quantitative estimate of drug-likeness (QED) is 0.476. The van der Waals surface area contributed by atoms with Gasteiger partial charge in [-0.2, -0.15) is 0 Å². The standard InChI is InChI=1S/C23H26N6O3S2/c1-32-20-5-2-4-18(16-20)17-28-12-14-29(15-13-28)23(33)26-19-6-8-21(9-7-19)34(30,31)27-22-24-10-3-11-25-22/h2-11,16H,12-15,17H2,1H3,(H,26,33)(H,24,25,27). The van der Waals surface area contributed by atoms with Crippen LogP contribution in [0.4, 0.5) is 11.6 Å². The van der Waals surface area contributed by atoms with Crippen LogP contribution in [0.3, 0.4) is 0 Å². The number of anilines is 2. The van der Waals surface area contributed by atoms with Crippen molar-refractivity contribution in [3.8, 4) is 5.75 Å². The number of aromatic nitrogens is 2. The summed E-state index contributed by atoms with van der Waals surface area (Å²) in [5, 5.41) is 3.82. The minimum absolute atomic E-state index is 0.0245. The molecule has 0 amide bonds. The van der Waals surface area contributed by atoms with Crippen LogP contribution in [-0.4, -0.2) is 66.6 Å². The number of ether oxygens (including phenoxy) is 1. The monoisotopic (exact) mass is 498 g/mol. The maximum Gasteiger partial charge on any atom is 0.264 e. The molecule has 178 valence electrons. The summed E-state index contributed by atoms with van der Waals surface area (Å²) in [6, 6.07) is 16.1. The van der Waals surface area contributed by atoms with E-state index in [1.165, 1.54) is 30.1 Å². The van der Waals surface area contributed by atoms with E-state index in [0.29, 0.717) is 5.11 Å². The highest BCUT2D eigenvalue weighted by Crippen LogP contribution is 2.18. The van der Waals surface area contributed by atoms with Gasteiger partial charge in [-0.3, -0.25) is 4.90 Å². The maximum atomic E-state index is 12.5. The number of thiocarbonyl (C=S) groups is 1. The number of nitrogens with one attached hydrogen (secondary N) is 2. The van der Waals surface area contributed by atoms with Crippen molar-refractivity contribution in [1.29, 1.82) is 0 Å². The lowest BCUT2D eigenvalue weighted by Gasteiger charge is -2.36. The van der Waals surface area contributed by atoms with E-state index in [2.05, 4.69) is 41.9 Å². The minimum Gasteiger partial charge on any atom is -0.497 e. The van der Waals surface area contributed by atoms with Crippen molar-refractivity contribution in [2.24, 2.45) is 0 Å². The second-order valence-electron chi connectivity index (χ2n) is 7.75. The fraction of sp³-hybridized carbons (Fsp3) is 0.261. The first kappa shape index (κ1) is 23.9. The zero-order valence-electron chi connectivity index (χ0n) is 18.7. The number of sulfonamides is 1. The summed E-state index contributed by atoms with van der Waals surface area (Å²) in [5.74, 6) is 0.890. The molecule has 1 aliphatic heterocycles. The third kappa shape index (κ3) is 6.19. The fourth-order valence-corrected chi connectivity index (χ4v) is 4.85. The summed E-state index contributed by atoms with van der Waals surface area (Å²) in [7, 11) is -2.10. The molecule has 34 heavy (non-hydrogen) atoms. The number of hydrogen-bond donors (Lipinski definition) is 2. The number of nitrogens with zero attached hydrogens (tertiary/aromatic N) is 4. The van der Waals surface area contributed by atoms with Gasteiger partial charge in [0.05, 0.1) is 12.0 Å².